The quantitative estimate of drug-likeness (QED) is 0.306. The average Bonchev–Trinajstić information content (AvgIpc) is 3.64. The number of aryl methyl sites for hydroxylation is 1. The first-order chi connectivity index (χ1) is 22.2. The molecule has 2 aromatic heterocycles. The SMILES string of the molecule is CCN1CC(C)(C)OC(=O)C1C(C(=O)Nc1nc(-c2ccccc2)ns1)C(C(=O)Nc1ccnn1C)C1C(=O)OC(C)(C)CN1CC. The highest BCUT2D eigenvalue weighted by atomic mass is 32.1. The summed E-state index contributed by atoms with van der Waals surface area (Å²) >= 11 is 0.974. The van der Waals surface area contributed by atoms with Crippen LogP contribution in [0.1, 0.15) is 41.5 Å². The van der Waals surface area contributed by atoms with Gasteiger partial charge in [-0.25, -0.2) is 0 Å². The minimum absolute atomic E-state index is 0.178. The number of benzene rings is 1. The maximum absolute atomic E-state index is 14.6. The van der Waals surface area contributed by atoms with Crippen molar-refractivity contribution in [2.45, 2.75) is 64.8 Å². The zero-order chi connectivity index (χ0) is 34.1. The molecule has 14 nitrogen and oxygen atoms in total. The van der Waals surface area contributed by atoms with Gasteiger partial charge in [-0.3, -0.25) is 33.7 Å². The smallest absolute Gasteiger partial charge is 0.324 e. The summed E-state index contributed by atoms with van der Waals surface area (Å²) in [6, 6.07) is 8.48. The number of cyclic esters (lactones) is 2. The van der Waals surface area contributed by atoms with Crippen LogP contribution in [0.15, 0.2) is 42.6 Å². The molecular weight excluding hydrogens is 624 g/mol. The van der Waals surface area contributed by atoms with Crippen molar-refractivity contribution in [2.24, 2.45) is 18.9 Å². The molecule has 2 amide bonds. The van der Waals surface area contributed by atoms with Crippen LogP contribution in [0.2, 0.25) is 0 Å². The van der Waals surface area contributed by atoms with Gasteiger partial charge in [-0.2, -0.15) is 14.5 Å². The monoisotopic (exact) mass is 666 g/mol. The van der Waals surface area contributed by atoms with Crippen molar-refractivity contribution >= 4 is 46.2 Å². The normalized spacial score (nSPS) is 22.5. The molecule has 0 saturated carbocycles. The maximum atomic E-state index is 14.6. The van der Waals surface area contributed by atoms with Crippen LogP contribution in [0.4, 0.5) is 10.9 Å². The molecule has 2 N–H and O–H groups in total. The fourth-order valence-electron chi connectivity index (χ4n) is 6.45. The first-order valence-electron chi connectivity index (χ1n) is 15.7. The van der Waals surface area contributed by atoms with Gasteiger partial charge >= 0.3 is 11.9 Å². The summed E-state index contributed by atoms with van der Waals surface area (Å²) in [5, 5.41) is 9.99. The van der Waals surface area contributed by atoms with Crippen molar-refractivity contribution in [2.75, 3.05) is 36.8 Å². The molecule has 2 aliphatic rings. The van der Waals surface area contributed by atoms with Crippen molar-refractivity contribution < 1.29 is 28.7 Å². The van der Waals surface area contributed by atoms with Gasteiger partial charge in [-0.05, 0) is 40.8 Å². The number of nitrogens with one attached hydrogen (secondary N) is 2. The van der Waals surface area contributed by atoms with Crippen LogP contribution < -0.4 is 10.6 Å². The van der Waals surface area contributed by atoms with E-state index in [1.54, 1.807) is 40.8 Å². The third kappa shape index (κ3) is 7.36. The number of nitrogens with zero attached hydrogens (tertiary/aromatic N) is 6. The van der Waals surface area contributed by atoms with E-state index >= 15 is 0 Å². The van der Waals surface area contributed by atoms with Crippen LogP contribution in [0, 0.1) is 11.8 Å². The zero-order valence-corrected chi connectivity index (χ0v) is 28.5. The van der Waals surface area contributed by atoms with E-state index in [1.807, 2.05) is 54.0 Å². The lowest BCUT2D eigenvalue weighted by Crippen LogP contribution is -2.67. The van der Waals surface area contributed by atoms with E-state index in [4.69, 9.17) is 9.47 Å². The molecule has 2 saturated heterocycles. The van der Waals surface area contributed by atoms with Gasteiger partial charge in [0.25, 0.3) is 0 Å². The standard InChI is InChI=1S/C32H42N8O6S/c1-8-39-17-31(3,4)45-28(43)23(39)21(26(41)34-20-15-16-33-38(20)7)22(24-29(44)46-32(5,6)18-40(24)9-2)27(42)36-30-35-25(37-47-30)19-13-11-10-12-14-19/h10-16,21-24H,8-9,17-18H2,1-7H3,(H,34,41)(H,35,36,37,42). The first kappa shape index (κ1) is 34.1. The van der Waals surface area contributed by atoms with E-state index < -0.39 is 58.9 Å². The van der Waals surface area contributed by atoms with E-state index in [2.05, 4.69) is 25.1 Å². The predicted octanol–water partition coefficient (Wildman–Crippen LogP) is 2.80. The molecule has 4 atom stereocenters. The average molecular weight is 667 g/mol. The molecule has 4 unspecified atom stereocenters. The van der Waals surface area contributed by atoms with Crippen molar-refractivity contribution in [1.29, 1.82) is 0 Å². The highest BCUT2D eigenvalue weighted by Gasteiger charge is 2.57. The molecule has 47 heavy (non-hydrogen) atoms. The Morgan fingerprint density at radius 3 is 1.91 bits per heavy atom. The number of esters is 2. The Kier molecular flexibility index (Phi) is 9.80. The van der Waals surface area contributed by atoms with Crippen molar-refractivity contribution in [3.8, 4) is 11.4 Å². The highest BCUT2D eigenvalue weighted by Crippen LogP contribution is 2.37. The van der Waals surface area contributed by atoms with Crippen molar-refractivity contribution in [3.63, 3.8) is 0 Å². The Bertz CT molecular complexity index is 1620. The van der Waals surface area contributed by atoms with Gasteiger partial charge in [-0.15, -0.1) is 0 Å². The van der Waals surface area contributed by atoms with Gasteiger partial charge in [0.05, 0.1) is 18.0 Å². The Balaban J connectivity index is 1.62. The summed E-state index contributed by atoms with van der Waals surface area (Å²) in [6.45, 7) is 12.3. The van der Waals surface area contributed by atoms with E-state index in [0.29, 0.717) is 37.8 Å². The molecule has 0 bridgehead atoms. The third-order valence-corrected chi connectivity index (χ3v) is 9.07. The number of aromatic nitrogens is 4. The number of hydrogen-bond acceptors (Lipinski definition) is 12. The number of morpholine rings is 2. The molecule has 4 heterocycles. The predicted molar refractivity (Wildman–Crippen MR) is 175 cm³/mol. The summed E-state index contributed by atoms with van der Waals surface area (Å²) < 4.78 is 17.6. The lowest BCUT2D eigenvalue weighted by atomic mass is 9.76. The van der Waals surface area contributed by atoms with E-state index in [-0.39, 0.29) is 5.13 Å². The van der Waals surface area contributed by atoms with Crippen LogP contribution in [0.25, 0.3) is 11.4 Å². The molecule has 252 valence electrons. The minimum atomic E-state index is -1.41. The summed E-state index contributed by atoms with van der Waals surface area (Å²) in [4.78, 5) is 65.2. The Labute approximate surface area is 278 Å². The first-order valence-corrected chi connectivity index (χ1v) is 16.4. The van der Waals surface area contributed by atoms with E-state index in [0.717, 1.165) is 17.1 Å². The van der Waals surface area contributed by atoms with E-state index in [9.17, 15) is 19.2 Å². The number of ether oxygens (including phenoxy) is 2. The molecule has 1 aromatic carbocycles. The van der Waals surface area contributed by atoms with Crippen LogP contribution >= 0.6 is 11.5 Å². The number of rotatable bonds is 10. The largest absolute Gasteiger partial charge is 0.457 e. The second-order valence-corrected chi connectivity index (χ2v) is 13.8. The fraction of sp³-hybridized carbons (Fsp3) is 0.531. The topological polar surface area (TPSA) is 161 Å². The summed E-state index contributed by atoms with van der Waals surface area (Å²) in [5.74, 6) is -4.71. The molecular formula is C32H42N8O6S. The highest BCUT2D eigenvalue weighted by molar-refractivity contribution is 7.10. The van der Waals surface area contributed by atoms with Crippen LogP contribution in [-0.4, -0.2) is 102 Å². The minimum Gasteiger partial charge on any atom is -0.457 e. The van der Waals surface area contributed by atoms with Crippen molar-refractivity contribution in [1.82, 2.24) is 28.9 Å². The molecule has 0 aliphatic carbocycles. The Morgan fingerprint density at radius 1 is 0.894 bits per heavy atom. The number of carbonyl (C=O) groups is 4. The number of carbonyl (C=O) groups excluding carboxylic acids is 4. The van der Waals surface area contributed by atoms with Crippen LogP contribution in [-0.2, 0) is 35.7 Å². The second kappa shape index (κ2) is 13.5. The summed E-state index contributed by atoms with van der Waals surface area (Å²) in [6.07, 6.45) is 1.52. The fourth-order valence-corrected chi connectivity index (χ4v) is 7.04. The zero-order valence-electron chi connectivity index (χ0n) is 27.7. The Morgan fingerprint density at radius 2 is 1.43 bits per heavy atom. The molecule has 15 heteroatoms. The summed E-state index contributed by atoms with van der Waals surface area (Å²) in [7, 11) is 1.66. The van der Waals surface area contributed by atoms with Gasteiger partial charge in [0, 0.05) is 43.3 Å². The summed E-state index contributed by atoms with van der Waals surface area (Å²) in [5.41, 5.74) is -0.922. The molecule has 2 fully saturated rings. The molecule has 2 aliphatic heterocycles. The molecule has 0 radical (unpaired) electrons. The molecule has 5 rings (SSSR count). The van der Waals surface area contributed by atoms with Gasteiger partial charge in [0.1, 0.15) is 29.1 Å². The Hall–Kier alpha value is -4.21. The second-order valence-electron chi connectivity index (χ2n) is 13.0. The van der Waals surface area contributed by atoms with Gasteiger partial charge in [0.2, 0.25) is 16.9 Å². The van der Waals surface area contributed by atoms with Gasteiger partial charge in [0.15, 0.2) is 5.82 Å². The van der Waals surface area contributed by atoms with Gasteiger partial charge < -0.3 is 20.1 Å². The van der Waals surface area contributed by atoms with E-state index in [1.165, 1.54) is 10.9 Å². The van der Waals surface area contributed by atoms with Crippen molar-refractivity contribution in [3.05, 3.63) is 42.6 Å². The number of anilines is 2. The van der Waals surface area contributed by atoms with Gasteiger partial charge in [-0.1, -0.05) is 44.2 Å². The number of amides is 2. The number of likely N-dealkylation sites (N-methyl/N-ethyl adjacent to an activating group) is 2. The lowest BCUT2D eigenvalue weighted by molar-refractivity contribution is -0.192. The van der Waals surface area contributed by atoms with Crippen LogP contribution in [0.3, 0.4) is 0 Å². The maximum Gasteiger partial charge on any atom is 0.324 e. The lowest BCUT2D eigenvalue weighted by Gasteiger charge is -2.49. The molecule has 0 spiro atoms. The molecule has 3 aromatic rings. The number of hydrogen-bond donors (Lipinski definition) is 2. The van der Waals surface area contributed by atoms with Crippen LogP contribution in [0.5, 0.6) is 0 Å². The third-order valence-electron chi connectivity index (χ3n) is 8.44.